The second-order valence-corrected chi connectivity index (χ2v) is 17.7. The lowest BCUT2D eigenvalue weighted by Crippen LogP contribution is -2.26. The van der Waals surface area contributed by atoms with E-state index < -0.39 is 38.1 Å². The van der Waals surface area contributed by atoms with Gasteiger partial charge in [-0.25, -0.2) is 8.42 Å². The van der Waals surface area contributed by atoms with Crippen LogP contribution in [0.25, 0.3) is 0 Å². The first-order valence-corrected chi connectivity index (χ1v) is 18.7. The van der Waals surface area contributed by atoms with E-state index in [1.807, 2.05) is 0 Å². The lowest BCUT2D eigenvalue weighted by Gasteiger charge is -2.13. The van der Waals surface area contributed by atoms with Crippen LogP contribution in [0.5, 0.6) is 0 Å². The van der Waals surface area contributed by atoms with Crippen molar-refractivity contribution in [3.8, 4) is 0 Å². The van der Waals surface area contributed by atoms with E-state index in [2.05, 4.69) is 60.0 Å². The summed E-state index contributed by atoms with van der Waals surface area (Å²) in [5.74, 6) is -3.60. The largest absolute Gasteiger partial charge is 0.744 e. The molecule has 0 spiro atoms. The van der Waals surface area contributed by atoms with Crippen LogP contribution in [0.4, 0.5) is 0 Å². The average molecular weight is 474 g/mol. The number of aromatic carboxylic acids is 2. The molecule has 0 heterocycles. The zero-order valence-corrected chi connectivity index (χ0v) is 21.8. The quantitative estimate of drug-likeness (QED) is 0.462. The van der Waals surface area contributed by atoms with Crippen molar-refractivity contribution in [2.45, 2.75) is 4.90 Å². The molecule has 0 saturated carbocycles. The van der Waals surface area contributed by atoms with E-state index in [-0.39, 0.29) is 23.8 Å². The van der Waals surface area contributed by atoms with Gasteiger partial charge in [-0.15, -0.1) is 0 Å². The Bertz CT molecular complexity index is 648. The second kappa shape index (κ2) is 16.2. The average Bonchev–Trinajstić information content (AvgIpc) is 2.43. The lowest BCUT2D eigenvalue weighted by atomic mass is 10.1. The van der Waals surface area contributed by atoms with E-state index in [0.29, 0.717) is 18.2 Å². The minimum absolute atomic E-state index is 0.120. The van der Waals surface area contributed by atoms with Gasteiger partial charge in [0.2, 0.25) is 0 Å². The Morgan fingerprint density at radius 1 is 0.679 bits per heavy atom. The Balaban J connectivity index is -0.000000427. The summed E-state index contributed by atoms with van der Waals surface area (Å²) in [4.78, 5) is 19.9. The Kier molecular flexibility index (Phi) is 18.5. The van der Waals surface area contributed by atoms with Crippen molar-refractivity contribution in [3.05, 3.63) is 29.3 Å². The smallest absolute Gasteiger partial charge is 0.124 e. The maximum atomic E-state index is 10.6. The molecule has 7 nitrogen and oxygen atoms in total. The first kappa shape index (κ1) is 32.0. The predicted molar refractivity (Wildman–Crippen MR) is 121 cm³/mol. The van der Waals surface area contributed by atoms with Gasteiger partial charge in [0.25, 0.3) is 0 Å². The number of rotatable bonds is 3. The highest BCUT2D eigenvalue weighted by Crippen LogP contribution is 2.16. The number of carboxylic acid groups (broad SMARTS) is 2. The third kappa shape index (κ3) is 23.4. The Morgan fingerprint density at radius 3 is 1.04 bits per heavy atom. The van der Waals surface area contributed by atoms with E-state index in [4.69, 9.17) is 0 Å². The maximum absolute atomic E-state index is 10.6. The summed E-state index contributed by atoms with van der Waals surface area (Å²) in [7, 11) is -4.59. The highest BCUT2D eigenvalue weighted by molar-refractivity contribution is 7.85. The first-order valence-electron chi connectivity index (χ1n) is 8.25. The van der Waals surface area contributed by atoms with Crippen LogP contribution in [0.15, 0.2) is 23.1 Å². The molecule has 11 heteroatoms. The molecule has 0 unspecified atom stereocenters. The molecule has 1 rings (SSSR count). The van der Waals surface area contributed by atoms with Crippen LogP contribution in [0.2, 0.25) is 0 Å². The van der Waals surface area contributed by atoms with Gasteiger partial charge in [-0.2, -0.15) is 0 Å². The summed E-state index contributed by atoms with van der Waals surface area (Å²) < 4.78 is 31.8. The van der Waals surface area contributed by atoms with Crippen LogP contribution in [0.1, 0.15) is 20.7 Å². The minimum Gasteiger partial charge on any atom is -0.744 e. The molecule has 1 aromatic rings. The molecule has 0 radical (unpaired) electrons. The third-order valence-electron chi connectivity index (χ3n) is 1.67. The second-order valence-electron chi connectivity index (χ2n) is 7.28. The van der Waals surface area contributed by atoms with Crippen molar-refractivity contribution in [3.63, 3.8) is 0 Å². The molecule has 0 fully saturated rings. The fraction of sp³-hybridized carbons (Fsp3) is 0.529. The van der Waals surface area contributed by atoms with Crippen molar-refractivity contribution in [1.82, 2.24) is 0 Å². The molecule has 164 valence electrons. The zero-order valence-electron chi connectivity index (χ0n) is 18.0. The molecular formula is C17H33O7P3S. The van der Waals surface area contributed by atoms with Crippen molar-refractivity contribution >= 4 is 45.8 Å². The van der Waals surface area contributed by atoms with Crippen LogP contribution in [0.3, 0.4) is 0 Å². The number of benzene rings is 1. The van der Waals surface area contributed by atoms with E-state index in [9.17, 15) is 32.8 Å². The molecule has 0 aliphatic carbocycles. The van der Waals surface area contributed by atoms with Crippen LogP contribution >= 0.6 is 23.8 Å². The van der Waals surface area contributed by atoms with Gasteiger partial charge in [-0.3, -0.25) is 0 Å². The molecular weight excluding hydrogens is 441 g/mol. The number of carboxylic acids is 2. The Morgan fingerprint density at radius 2 is 0.893 bits per heavy atom. The fourth-order valence-corrected chi connectivity index (χ4v) is 1.52. The molecule has 0 saturated heterocycles. The number of carbonyl (C=O) groups excluding carboxylic acids is 2. The molecule has 0 N–H and O–H groups in total. The first-order chi connectivity index (χ1) is 12.4. The molecule has 0 bridgehead atoms. The molecule has 0 atom stereocenters. The minimum atomic E-state index is -4.95. The van der Waals surface area contributed by atoms with Crippen LogP contribution < -0.4 is 10.2 Å². The Hall–Kier alpha value is -0.640. The third-order valence-corrected chi connectivity index (χ3v) is 2.48. The van der Waals surface area contributed by atoms with E-state index in [1.54, 1.807) is 0 Å². The van der Waals surface area contributed by atoms with E-state index in [1.165, 1.54) is 0 Å². The van der Waals surface area contributed by atoms with Gasteiger partial charge < -0.3 is 24.4 Å². The van der Waals surface area contributed by atoms with Crippen molar-refractivity contribution in [2.75, 3.05) is 60.0 Å². The SMILES string of the molecule is C[PH+](C)C.C[PH+](C)C.C[PH+](C)C.O=C([O-])c1cc(C(=O)[O-])cc(S(=O)(=O)[O-])c1. The topological polar surface area (TPSA) is 137 Å². The highest BCUT2D eigenvalue weighted by Gasteiger charge is 2.07. The monoisotopic (exact) mass is 474 g/mol. The van der Waals surface area contributed by atoms with E-state index >= 15 is 0 Å². The van der Waals surface area contributed by atoms with Crippen LogP contribution in [-0.2, 0) is 10.1 Å². The highest BCUT2D eigenvalue weighted by atomic mass is 32.2. The van der Waals surface area contributed by atoms with Gasteiger partial charge in [0.05, 0.1) is 16.8 Å². The number of hydrogen-bond acceptors (Lipinski definition) is 7. The molecule has 0 aromatic heterocycles. The summed E-state index contributed by atoms with van der Waals surface area (Å²) in [6, 6.07) is 1.67. The molecule has 28 heavy (non-hydrogen) atoms. The zero-order chi connectivity index (χ0) is 23.2. The van der Waals surface area contributed by atoms with Crippen molar-refractivity contribution in [2.24, 2.45) is 0 Å². The van der Waals surface area contributed by atoms with Crippen molar-refractivity contribution in [1.29, 1.82) is 0 Å². The van der Waals surface area contributed by atoms with Gasteiger partial charge in [0.15, 0.2) is 0 Å². The molecule has 0 aliphatic heterocycles. The maximum Gasteiger partial charge on any atom is 0.124 e. The van der Waals surface area contributed by atoms with Gasteiger partial charge in [-0.05, 0) is 53.1 Å². The predicted octanol–water partition coefficient (Wildman–Crippen LogP) is 0.588. The van der Waals surface area contributed by atoms with Gasteiger partial charge in [-0.1, -0.05) is 0 Å². The Labute approximate surface area is 173 Å². The lowest BCUT2D eigenvalue weighted by molar-refractivity contribution is -0.255. The number of carbonyl (C=O) groups is 2. The number of hydrogen-bond donors (Lipinski definition) is 0. The molecule has 0 amide bonds. The summed E-state index contributed by atoms with van der Waals surface area (Å²) in [6.45, 7) is 20.4. The van der Waals surface area contributed by atoms with Crippen molar-refractivity contribution < 1.29 is 32.8 Å². The summed E-state index contributed by atoms with van der Waals surface area (Å²) in [5.41, 5.74) is -1.45. The standard InChI is InChI=1S/C8H6O7S.3C3H9P/c9-7(10)4-1-5(8(11)12)3-6(2-4)16(13,14)15;3*1-4(2)3/h1-3H,(H,9,10)(H,11,12)(H,13,14,15);3*1-3H3. The summed E-state index contributed by atoms with van der Waals surface area (Å²) in [6.07, 6.45) is 0. The summed E-state index contributed by atoms with van der Waals surface area (Å²) >= 11 is 0. The summed E-state index contributed by atoms with van der Waals surface area (Å²) in [5, 5.41) is 20.9. The normalized spacial score (nSPS) is 10.2. The molecule has 1 aromatic carbocycles. The van der Waals surface area contributed by atoms with Gasteiger partial charge in [0.1, 0.15) is 10.1 Å². The molecule has 0 aliphatic rings. The van der Waals surface area contributed by atoms with Crippen LogP contribution in [0, 0.1) is 0 Å². The van der Waals surface area contributed by atoms with Crippen LogP contribution in [-0.4, -0.2) is 84.9 Å². The van der Waals surface area contributed by atoms with E-state index in [0.717, 1.165) is 0 Å². The van der Waals surface area contributed by atoms with Gasteiger partial charge in [0, 0.05) is 60.0 Å². The van der Waals surface area contributed by atoms with Gasteiger partial charge >= 0.3 is 0 Å². The fourth-order valence-electron chi connectivity index (χ4n) is 0.979.